The summed E-state index contributed by atoms with van der Waals surface area (Å²) in [5, 5.41) is 3.57. The molecule has 2 N–H and O–H groups in total. The fourth-order valence-corrected chi connectivity index (χ4v) is 3.19. The molecule has 0 bridgehead atoms. The van der Waals surface area contributed by atoms with E-state index >= 15 is 0 Å². The van der Waals surface area contributed by atoms with Crippen molar-refractivity contribution in [2.75, 3.05) is 16.3 Å². The minimum absolute atomic E-state index is 0.516. The molecule has 2 aliphatic carbocycles. The molecule has 0 amide bonds. The lowest BCUT2D eigenvalue weighted by atomic mass is 10.1. The first-order valence-corrected chi connectivity index (χ1v) is 8.75. The van der Waals surface area contributed by atoms with Gasteiger partial charge in [0.2, 0.25) is 10.0 Å². The second-order valence-corrected chi connectivity index (χ2v) is 7.51. The quantitative estimate of drug-likeness (QED) is 0.842. The second-order valence-electron chi connectivity index (χ2n) is 5.76. The molecule has 2 saturated carbocycles. The van der Waals surface area contributed by atoms with Crippen LogP contribution in [0.15, 0.2) is 24.3 Å². The van der Waals surface area contributed by atoms with Crippen LogP contribution < -0.4 is 10.0 Å². The van der Waals surface area contributed by atoms with E-state index in [9.17, 15) is 8.42 Å². The number of nitrogens with one attached hydrogen (secondary N) is 2. The van der Waals surface area contributed by atoms with Crippen molar-refractivity contribution in [2.24, 2.45) is 11.8 Å². The maximum atomic E-state index is 11.4. The zero-order valence-electron chi connectivity index (χ0n) is 11.1. The minimum atomic E-state index is -3.23. The van der Waals surface area contributed by atoms with Crippen molar-refractivity contribution < 1.29 is 8.42 Å². The van der Waals surface area contributed by atoms with E-state index in [1.165, 1.54) is 31.9 Å². The summed E-state index contributed by atoms with van der Waals surface area (Å²) in [6.07, 6.45) is 6.39. The van der Waals surface area contributed by atoms with Crippen molar-refractivity contribution in [1.29, 1.82) is 0 Å². The first-order chi connectivity index (χ1) is 9.03. The van der Waals surface area contributed by atoms with Gasteiger partial charge in [0, 0.05) is 6.04 Å². The molecule has 0 aliphatic heterocycles. The van der Waals surface area contributed by atoms with Gasteiger partial charge in [-0.05, 0) is 49.7 Å². The van der Waals surface area contributed by atoms with Gasteiger partial charge in [0.05, 0.1) is 17.6 Å². The summed E-state index contributed by atoms with van der Waals surface area (Å²) in [5.74, 6) is 1.55. The predicted molar refractivity (Wildman–Crippen MR) is 77.8 cm³/mol. The van der Waals surface area contributed by atoms with Crippen molar-refractivity contribution in [3.63, 3.8) is 0 Å². The van der Waals surface area contributed by atoms with Crippen LogP contribution in [0.1, 0.15) is 25.7 Å². The van der Waals surface area contributed by atoms with Crippen LogP contribution in [0.25, 0.3) is 0 Å². The van der Waals surface area contributed by atoms with E-state index in [4.69, 9.17) is 0 Å². The number of benzene rings is 1. The normalized spacial score (nSPS) is 19.5. The largest absolute Gasteiger partial charge is 0.380 e. The Hall–Kier alpha value is -1.23. The van der Waals surface area contributed by atoms with Crippen LogP contribution in [-0.4, -0.2) is 20.7 Å². The highest BCUT2D eigenvalue weighted by atomic mass is 32.2. The number of rotatable bonds is 6. The number of hydrogen-bond donors (Lipinski definition) is 2. The van der Waals surface area contributed by atoms with E-state index in [0.29, 0.717) is 11.7 Å². The highest BCUT2D eigenvalue weighted by Gasteiger charge is 2.41. The molecule has 0 radical (unpaired) electrons. The fraction of sp³-hybridized carbons (Fsp3) is 0.571. The van der Waals surface area contributed by atoms with Gasteiger partial charge in [-0.25, -0.2) is 8.42 Å². The highest BCUT2D eigenvalue weighted by molar-refractivity contribution is 7.92. The first-order valence-electron chi connectivity index (χ1n) is 6.86. The van der Waals surface area contributed by atoms with Gasteiger partial charge in [-0.3, -0.25) is 4.72 Å². The summed E-state index contributed by atoms with van der Waals surface area (Å²) in [6.45, 7) is 0. The van der Waals surface area contributed by atoms with Crippen molar-refractivity contribution in [1.82, 2.24) is 0 Å². The molecule has 0 saturated heterocycles. The van der Waals surface area contributed by atoms with Crippen LogP contribution in [0.5, 0.6) is 0 Å². The zero-order chi connectivity index (χ0) is 13.5. The van der Waals surface area contributed by atoms with E-state index in [2.05, 4.69) is 10.0 Å². The molecule has 1 aromatic carbocycles. The average Bonchev–Trinajstić information content (AvgIpc) is 3.19. The maximum absolute atomic E-state index is 11.4. The average molecular weight is 280 g/mol. The SMILES string of the molecule is CS(=O)(=O)Nc1ccccc1NC(C1CC1)C1CC1. The molecule has 3 rings (SSSR count). The summed E-state index contributed by atoms with van der Waals surface area (Å²) in [6, 6.07) is 8.06. The Balaban J connectivity index is 1.79. The molecule has 0 atom stereocenters. The van der Waals surface area contributed by atoms with Crippen molar-refractivity contribution in [2.45, 2.75) is 31.7 Å². The van der Waals surface area contributed by atoms with Crippen LogP contribution in [0, 0.1) is 11.8 Å². The number of anilines is 2. The summed E-state index contributed by atoms with van der Waals surface area (Å²) in [4.78, 5) is 0. The third kappa shape index (κ3) is 3.41. The summed E-state index contributed by atoms with van der Waals surface area (Å²) in [7, 11) is -3.23. The summed E-state index contributed by atoms with van der Waals surface area (Å²) in [5.41, 5.74) is 1.55. The van der Waals surface area contributed by atoms with Crippen molar-refractivity contribution >= 4 is 21.4 Å². The molecule has 19 heavy (non-hydrogen) atoms. The molecule has 104 valence electrons. The number of para-hydroxylation sites is 2. The lowest BCUT2D eigenvalue weighted by Crippen LogP contribution is -2.25. The molecule has 4 nitrogen and oxygen atoms in total. The summed E-state index contributed by atoms with van der Waals surface area (Å²) < 4.78 is 25.4. The molecular formula is C14H20N2O2S. The molecule has 0 spiro atoms. The minimum Gasteiger partial charge on any atom is -0.380 e. The molecular weight excluding hydrogens is 260 g/mol. The monoisotopic (exact) mass is 280 g/mol. The smallest absolute Gasteiger partial charge is 0.229 e. The van der Waals surface area contributed by atoms with E-state index in [1.807, 2.05) is 18.2 Å². The lowest BCUT2D eigenvalue weighted by molar-refractivity contribution is 0.568. The van der Waals surface area contributed by atoms with Crippen LogP contribution in [0.4, 0.5) is 11.4 Å². The van der Waals surface area contributed by atoms with E-state index in [-0.39, 0.29) is 0 Å². The second kappa shape index (κ2) is 4.71. The molecule has 2 aliphatic rings. The van der Waals surface area contributed by atoms with Crippen molar-refractivity contribution in [3.8, 4) is 0 Å². The standard InChI is InChI=1S/C14H20N2O2S/c1-19(17,18)16-13-5-3-2-4-12(13)15-14(10-6-7-10)11-8-9-11/h2-5,10-11,14-16H,6-9H2,1H3. The van der Waals surface area contributed by atoms with Gasteiger partial charge in [-0.2, -0.15) is 0 Å². The zero-order valence-corrected chi connectivity index (χ0v) is 11.9. The van der Waals surface area contributed by atoms with Crippen LogP contribution in [-0.2, 0) is 10.0 Å². The molecule has 0 unspecified atom stereocenters. The van der Waals surface area contributed by atoms with E-state index in [0.717, 1.165) is 17.5 Å². The summed E-state index contributed by atoms with van der Waals surface area (Å²) >= 11 is 0. The third-order valence-corrected chi connectivity index (χ3v) is 4.40. The molecule has 1 aromatic rings. The van der Waals surface area contributed by atoms with E-state index < -0.39 is 10.0 Å². The maximum Gasteiger partial charge on any atom is 0.229 e. The predicted octanol–water partition coefficient (Wildman–Crippen LogP) is 2.66. The molecule has 2 fully saturated rings. The Bertz CT molecular complexity index is 551. The van der Waals surface area contributed by atoms with Crippen LogP contribution in [0.2, 0.25) is 0 Å². The molecule has 5 heteroatoms. The topological polar surface area (TPSA) is 58.2 Å². The van der Waals surface area contributed by atoms with Crippen LogP contribution in [0.3, 0.4) is 0 Å². The van der Waals surface area contributed by atoms with Crippen LogP contribution >= 0.6 is 0 Å². The van der Waals surface area contributed by atoms with Crippen molar-refractivity contribution in [3.05, 3.63) is 24.3 Å². The highest BCUT2D eigenvalue weighted by Crippen LogP contribution is 2.46. The Morgan fingerprint density at radius 1 is 1.05 bits per heavy atom. The Morgan fingerprint density at radius 2 is 1.58 bits per heavy atom. The van der Waals surface area contributed by atoms with Gasteiger partial charge < -0.3 is 5.32 Å². The Kier molecular flexibility index (Phi) is 3.17. The first kappa shape index (κ1) is 12.8. The van der Waals surface area contributed by atoms with Gasteiger partial charge >= 0.3 is 0 Å². The molecule has 0 heterocycles. The third-order valence-electron chi connectivity index (χ3n) is 3.80. The Morgan fingerprint density at radius 3 is 2.05 bits per heavy atom. The fourth-order valence-electron chi connectivity index (χ4n) is 2.61. The molecule has 0 aromatic heterocycles. The van der Waals surface area contributed by atoms with E-state index in [1.54, 1.807) is 6.07 Å². The van der Waals surface area contributed by atoms with Gasteiger partial charge in [0.25, 0.3) is 0 Å². The van der Waals surface area contributed by atoms with Gasteiger partial charge in [-0.15, -0.1) is 0 Å². The van der Waals surface area contributed by atoms with Gasteiger partial charge in [0.15, 0.2) is 0 Å². The number of hydrogen-bond acceptors (Lipinski definition) is 3. The number of sulfonamides is 1. The lowest BCUT2D eigenvalue weighted by Gasteiger charge is -2.21. The Labute approximate surface area is 114 Å². The van der Waals surface area contributed by atoms with Gasteiger partial charge in [-0.1, -0.05) is 12.1 Å². The van der Waals surface area contributed by atoms with Gasteiger partial charge in [0.1, 0.15) is 0 Å².